The lowest BCUT2D eigenvalue weighted by Gasteiger charge is -2.40. The van der Waals surface area contributed by atoms with Gasteiger partial charge in [-0.3, -0.25) is 9.69 Å². The number of hydrogen-bond acceptors (Lipinski definition) is 6. The Kier molecular flexibility index (Phi) is 5.48. The van der Waals surface area contributed by atoms with Crippen LogP contribution in [0.4, 0.5) is 0 Å². The average Bonchev–Trinajstić information content (AvgIpc) is 3.08. The van der Waals surface area contributed by atoms with Crippen molar-refractivity contribution >= 4 is 5.97 Å². The van der Waals surface area contributed by atoms with Crippen molar-refractivity contribution < 1.29 is 14.1 Å². The number of benzene rings is 1. The van der Waals surface area contributed by atoms with Crippen molar-refractivity contribution in [3.05, 3.63) is 47.6 Å². The van der Waals surface area contributed by atoms with E-state index in [9.17, 15) is 4.79 Å². The second-order valence-corrected chi connectivity index (χ2v) is 6.92. The summed E-state index contributed by atoms with van der Waals surface area (Å²) in [5, 5.41) is 4.05. The van der Waals surface area contributed by atoms with Crippen molar-refractivity contribution in [2.45, 2.75) is 44.6 Å². The Morgan fingerprint density at radius 2 is 2.16 bits per heavy atom. The molecule has 6 nitrogen and oxygen atoms in total. The molecule has 1 aromatic heterocycles. The maximum atomic E-state index is 11.2. The van der Waals surface area contributed by atoms with Crippen LogP contribution in [-0.4, -0.2) is 41.2 Å². The third kappa shape index (κ3) is 4.45. The molecular weight excluding hydrogens is 318 g/mol. The molecular formula is C19H25N3O3. The maximum absolute atomic E-state index is 11.2. The molecule has 6 heteroatoms. The van der Waals surface area contributed by atoms with E-state index in [1.54, 1.807) is 0 Å². The molecule has 0 radical (unpaired) electrons. The number of carbonyl (C=O) groups excluding carboxylic acids is 1. The lowest BCUT2D eigenvalue weighted by molar-refractivity contribution is -0.140. The summed E-state index contributed by atoms with van der Waals surface area (Å²) in [4.78, 5) is 18.0. The molecule has 1 aliphatic heterocycles. The van der Waals surface area contributed by atoms with E-state index in [0.717, 1.165) is 19.5 Å². The lowest BCUT2D eigenvalue weighted by Crippen LogP contribution is -2.44. The van der Waals surface area contributed by atoms with Crippen LogP contribution in [0.25, 0.3) is 0 Å². The summed E-state index contributed by atoms with van der Waals surface area (Å²) in [5.41, 5.74) is 1.53. The van der Waals surface area contributed by atoms with Gasteiger partial charge >= 0.3 is 5.97 Å². The highest BCUT2D eigenvalue weighted by molar-refractivity contribution is 5.69. The molecule has 1 atom stereocenters. The molecule has 1 aliphatic rings. The number of methoxy groups -OCH3 is 1. The number of ether oxygens (including phenoxy) is 1. The predicted octanol–water partition coefficient (Wildman–Crippen LogP) is 2.73. The summed E-state index contributed by atoms with van der Waals surface area (Å²) >= 11 is 0. The summed E-state index contributed by atoms with van der Waals surface area (Å²) in [7, 11) is 1.38. The molecule has 0 bridgehead atoms. The van der Waals surface area contributed by atoms with Gasteiger partial charge in [-0.1, -0.05) is 42.4 Å². The molecule has 0 spiro atoms. The van der Waals surface area contributed by atoms with Crippen molar-refractivity contribution in [2.24, 2.45) is 0 Å². The standard InChI is InChI=1S/C19H25N3O3/c1-19(15-7-4-3-5-8-15)11-6-12-22(14-19)13-16-20-17(25-21-16)9-10-18(23)24-2/h3-5,7-8H,6,9-14H2,1-2H3/t19-/m0/s1. The van der Waals surface area contributed by atoms with Gasteiger partial charge in [-0.15, -0.1) is 0 Å². The summed E-state index contributed by atoms with van der Waals surface area (Å²) in [6, 6.07) is 10.7. The number of hydrogen-bond donors (Lipinski definition) is 0. The number of likely N-dealkylation sites (tertiary alicyclic amines) is 1. The van der Waals surface area contributed by atoms with Gasteiger partial charge in [-0.05, 0) is 24.9 Å². The Morgan fingerprint density at radius 1 is 1.36 bits per heavy atom. The number of carbonyl (C=O) groups is 1. The molecule has 2 heterocycles. The SMILES string of the molecule is COC(=O)CCc1nc(CN2CCC[C@](C)(c3ccccc3)C2)no1. The molecule has 25 heavy (non-hydrogen) atoms. The van der Waals surface area contributed by atoms with Gasteiger partial charge in [0.1, 0.15) is 0 Å². The molecule has 1 saturated heterocycles. The van der Waals surface area contributed by atoms with Crippen molar-refractivity contribution in [1.82, 2.24) is 15.0 Å². The van der Waals surface area contributed by atoms with E-state index in [4.69, 9.17) is 4.52 Å². The van der Waals surface area contributed by atoms with Crippen molar-refractivity contribution in [1.29, 1.82) is 0 Å². The minimum absolute atomic E-state index is 0.150. The topological polar surface area (TPSA) is 68.5 Å². The number of nitrogens with zero attached hydrogens (tertiary/aromatic N) is 3. The number of piperidine rings is 1. The normalized spacial score (nSPS) is 21.2. The van der Waals surface area contributed by atoms with E-state index in [-0.39, 0.29) is 17.8 Å². The fourth-order valence-electron chi connectivity index (χ4n) is 3.52. The van der Waals surface area contributed by atoms with Crippen LogP contribution in [0.1, 0.15) is 43.5 Å². The second-order valence-electron chi connectivity index (χ2n) is 6.92. The van der Waals surface area contributed by atoms with E-state index < -0.39 is 0 Å². The zero-order valence-electron chi connectivity index (χ0n) is 14.9. The minimum Gasteiger partial charge on any atom is -0.469 e. The highest BCUT2D eigenvalue weighted by Gasteiger charge is 2.32. The van der Waals surface area contributed by atoms with Gasteiger partial charge in [0.2, 0.25) is 5.89 Å². The molecule has 0 N–H and O–H groups in total. The molecule has 2 aromatic rings. The fraction of sp³-hybridized carbons (Fsp3) is 0.526. The average molecular weight is 343 g/mol. The van der Waals surface area contributed by atoms with Gasteiger partial charge in [-0.2, -0.15) is 4.98 Å². The quantitative estimate of drug-likeness (QED) is 0.751. The summed E-state index contributed by atoms with van der Waals surface area (Å²) in [6.45, 7) is 5.01. The van der Waals surface area contributed by atoms with Gasteiger partial charge < -0.3 is 9.26 Å². The van der Waals surface area contributed by atoms with E-state index in [0.29, 0.717) is 24.7 Å². The first-order valence-corrected chi connectivity index (χ1v) is 8.75. The van der Waals surface area contributed by atoms with Crippen LogP contribution in [0, 0.1) is 0 Å². The summed E-state index contributed by atoms with van der Waals surface area (Å²) < 4.78 is 9.87. The Bertz CT molecular complexity index is 701. The Morgan fingerprint density at radius 3 is 2.92 bits per heavy atom. The lowest BCUT2D eigenvalue weighted by atomic mass is 9.76. The number of esters is 1. The van der Waals surface area contributed by atoms with E-state index in [2.05, 4.69) is 57.0 Å². The predicted molar refractivity (Wildman–Crippen MR) is 92.9 cm³/mol. The largest absolute Gasteiger partial charge is 0.469 e. The van der Waals surface area contributed by atoms with Crippen LogP contribution in [0.5, 0.6) is 0 Å². The third-order valence-electron chi connectivity index (χ3n) is 4.89. The zero-order valence-corrected chi connectivity index (χ0v) is 14.9. The van der Waals surface area contributed by atoms with E-state index in [1.807, 2.05) is 0 Å². The maximum Gasteiger partial charge on any atom is 0.306 e. The Labute approximate surface area is 148 Å². The van der Waals surface area contributed by atoms with Crippen molar-refractivity contribution in [3.8, 4) is 0 Å². The van der Waals surface area contributed by atoms with Crippen LogP contribution in [0.15, 0.2) is 34.9 Å². The molecule has 0 amide bonds. The van der Waals surface area contributed by atoms with Crippen LogP contribution >= 0.6 is 0 Å². The molecule has 0 unspecified atom stereocenters. The molecule has 3 rings (SSSR count). The minimum atomic E-state index is -0.269. The molecule has 1 aromatic carbocycles. The van der Waals surface area contributed by atoms with Gasteiger partial charge in [0.25, 0.3) is 0 Å². The monoisotopic (exact) mass is 343 g/mol. The fourth-order valence-corrected chi connectivity index (χ4v) is 3.52. The first-order valence-electron chi connectivity index (χ1n) is 8.75. The number of aromatic nitrogens is 2. The second kappa shape index (κ2) is 7.78. The highest BCUT2D eigenvalue weighted by Crippen LogP contribution is 2.33. The molecule has 0 aliphatic carbocycles. The van der Waals surface area contributed by atoms with Crippen molar-refractivity contribution in [2.75, 3.05) is 20.2 Å². The number of rotatable bonds is 6. The highest BCUT2D eigenvalue weighted by atomic mass is 16.5. The molecule has 0 saturated carbocycles. The Balaban J connectivity index is 1.60. The van der Waals surface area contributed by atoms with Gasteiger partial charge in [0, 0.05) is 18.4 Å². The number of aryl methyl sites for hydroxylation is 1. The first kappa shape index (κ1) is 17.6. The van der Waals surface area contributed by atoms with Crippen LogP contribution < -0.4 is 0 Å². The zero-order chi connectivity index (χ0) is 17.7. The smallest absolute Gasteiger partial charge is 0.306 e. The van der Waals surface area contributed by atoms with E-state index >= 15 is 0 Å². The third-order valence-corrected chi connectivity index (χ3v) is 4.89. The van der Waals surface area contributed by atoms with Gasteiger partial charge in [0.05, 0.1) is 20.1 Å². The van der Waals surface area contributed by atoms with Crippen LogP contribution in [-0.2, 0) is 27.9 Å². The van der Waals surface area contributed by atoms with Crippen LogP contribution in [0.2, 0.25) is 0 Å². The molecule has 134 valence electrons. The van der Waals surface area contributed by atoms with Gasteiger partial charge in [-0.25, -0.2) is 0 Å². The Hall–Kier alpha value is -2.21. The van der Waals surface area contributed by atoms with Crippen molar-refractivity contribution in [3.63, 3.8) is 0 Å². The van der Waals surface area contributed by atoms with Gasteiger partial charge in [0.15, 0.2) is 5.82 Å². The molecule has 1 fully saturated rings. The first-order chi connectivity index (χ1) is 12.1. The summed E-state index contributed by atoms with van der Waals surface area (Å²) in [6.07, 6.45) is 3.01. The van der Waals surface area contributed by atoms with Crippen LogP contribution in [0.3, 0.4) is 0 Å². The van der Waals surface area contributed by atoms with E-state index in [1.165, 1.54) is 19.1 Å². The summed E-state index contributed by atoms with van der Waals surface area (Å²) in [5.74, 6) is 0.898.